The van der Waals surface area contributed by atoms with Gasteiger partial charge < -0.3 is 14.8 Å². The van der Waals surface area contributed by atoms with Crippen LogP contribution in [0, 0.1) is 17.8 Å². The van der Waals surface area contributed by atoms with Crippen LogP contribution in [0.4, 0.5) is 5.69 Å². The number of para-hydroxylation sites is 1. The Morgan fingerprint density at radius 3 is 2.66 bits per heavy atom. The molecule has 1 aliphatic carbocycles. The number of benzene rings is 2. The van der Waals surface area contributed by atoms with Crippen molar-refractivity contribution in [2.24, 2.45) is 10.8 Å². The van der Waals surface area contributed by atoms with Gasteiger partial charge in [-0.1, -0.05) is 39.0 Å². The zero-order chi connectivity index (χ0) is 22.7. The molecule has 1 saturated carbocycles. The van der Waals surface area contributed by atoms with Crippen molar-refractivity contribution in [2.75, 3.05) is 11.9 Å². The highest BCUT2D eigenvalue weighted by Crippen LogP contribution is 2.53. The number of anilines is 1. The van der Waals surface area contributed by atoms with E-state index in [1.54, 1.807) is 12.1 Å². The van der Waals surface area contributed by atoms with Crippen molar-refractivity contribution in [3.63, 3.8) is 0 Å². The number of phenolic OH excluding ortho intramolecular Hbond substituents is 1. The third-order valence-electron chi connectivity index (χ3n) is 7.26. The molecule has 5 heteroatoms. The standard InChI is InChI=1S/C27H32N2O3/c1-17-23(25(31)28-18-8-6-5-7-9-18)24-20(21(30)10-11-22(24)32-17)14-29-16-27(4)13-19(29)12-26(2,3)15-27/h5-11,19,30H,12-16H2,1-4H3,(H,28,31). The highest BCUT2D eigenvalue weighted by Gasteiger charge is 2.49. The van der Waals surface area contributed by atoms with Gasteiger partial charge in [0.05, 0.1) is 5.56 Å². The second-order valence-electron chi connectivity index (χ2n) is 10.9. The molecule has 1 aliphatic heterocycles. The summed E-state index contributed by atoms with van der Waals surface area (Å²) in [6.45, 7) is 10.6. The Labute approximate surface area is 189 Å². The molecular weight excluding hydrogens is 400 g/mol. The molecular formula is C27H32N2O3. The Kier molecular flexibility index (Phi) is 4.86. The van der Waals surface area contributed by atoms with E-state index in [1.807, 2.05) is 37.3 Å². The van der Waals surface area contributed by atoms with Crippen LogP contribution in [0.5, 0.6) is 5.75 Å². The van der Waals surface area contributed by atoms with Gasteiger partial charge in [-0.3, -0.25) is 9.69 Å². The van der Waals surface area contributed by atoms with Gasteiger partial charge in [0.15, 0.2) is 0 Å². The lowest BCUT2D eigenvalue weighted by Gasteiger charge is -2.40. The van der Waals surface area contributed by atoms with Crippen molar-refractivity contribution >= 4 is 22.6 Å². The maximum Gasteiger partial charge on any atom is 0.259 e. The summed E-state index contributed by atoms with van der Waals surface area (Å²) in [6.07, 6.45) is 3.57. The summed E-state index contributed by atoms with van der Waals surface area (Å²) >= 11 is 0. The maximum atomic E-state index is 13.3. The van der Waals surface area contributed by atoms with Crippen LogP contribution in [0.2, 0.25) is 0 Å². The first-order chi connectivity index (χ1) is 15.1. The third-order valence-corrected chi connectivity index (χ3v) is 7.26. The minimum atomic E-state index is -0.215. The van der Waals surface area contributed by atoms with Crippen LogP contribution in [-0.4, -0.2) is 28.5 Å². The Balaban J connectivity index is 1.53. The summed E-state index contributed by atoms with van der Waals surface area (Å²) in [5, 5.41) is 14.6. The van der Waals surface area contributed by atoms with Crippen molar-refractivity contribution in [2.45, 2.75) is 59.5 Å². The van der Waals surface area contributed by atoms with E-state index in [-0.39, 0.29) is 11.7 Å². The van der Waals surface area contributed by atoms with Crippen LogP contribution in [0.3, 0.4) is 0 Å². The number of nitrogens with one attached hydrogen (secondary N) is 1. The normalized spacial score (nSPS) is 24.7. The van der Waals surface area contributed by atoms with Gasteiger partial charge >= 0.3 is 0 Å². The van der Waals surface area contributed by atoms with E-state index < -0.39 is 0 Å². The molecule has 2 heterocycles. The Morgan fingerprint density at radius 2 is 1.91 bits per heavy atom. The molecule has 32 heavy (non-hydrogen) atoms. The Morgan fingerprint density at radius 1 is 1.16 bits per heavy atom. The molecule has 3 aromatic rings. The predicted molar refractivity (Wildman–Crippen MR) is 127 cm³/mol. The molecule has 2 fully saturated rings. The number of rotatable bonds is 4. The van der Waals surface area contributed by atoms with Crippen molar-refractivity contribution in [1.82, 2.24) is 4.90 Å². The summed E-state index contributed by atoms with van der Waals surface area (Å²) < 4.78 is 5.97. The maximum absolute atomic E-state index is 13.3. The summed E-state index contributed by atoms with van der Waals surface area (Å²) in [4.78, 5) is 15.8. The van der Waals surface area contributed by atoms with Gasteiger partial charge in [-0.25, -0.2) is 0 Å². The molecule has 1 saturated heterocycles. The van der Waals surface area contributed by atoms with E-state index in [9.17, 15) is 9.90 Å². The molecule has 5 rings (SSSR count). The Hall–Kier alpha value is -2.79. The fraction of sp³-hybridized carbons (Fsp3) is 0.444. The zero-order valence-electron chi connectivity index (χ0n) is 19.4. The quantitative estimate of drug-likeness (QED) is 0.523. The van der Waals surface area contributed by atoms with Crippen molar-refractivity contribution < 1.29 is 14.3 Å². The second kappa shape index (κ2) is 7.38. The third kappa shape index (κ3) is 3.69. The molecule has 0 radical (unpaired) electrons. The van der Waals surface area contributed by atoms with Crippen LogP contribution >= 0.6 is 0 Å². The minimum Gasteiger partial charge on any atom is -0.508 e. The molecule has 2 bridgehead atoms. The number of fused-ring (bicyclic) bond motifs is 3. The highest BCUT2D eigenvalue weighted by molar-refractivity contribution is 6.14. The number of aromatic hydroxyl groups is 1. The molecule has 2 aromatic carbocycles. The largest absolute Gasteiger partial charge is 0.508 e. The number of carbonyl (C=O) groups excluding carboxylic acids is 1. The summed E-state index contributed by atoms with van der Waals surface area (Å²) in [6, 6.07) is 13.4. The number of likely N-dealkylation sites (tertiary alicyclic amines) is 1. The molecule has 1 amide bonds. The van der Waals surface area contributed by atoms with Crippen molar-refractivity contribution in [3.8, 4) is 5.75 Å². The number of carbonyl (C=O) groups is 1. The van der Waals surface area contributed by atoms with Crippen LogP contribution in [0.1, 0.15) is 61.7 Å². The van der Waals surface area contributed by atoms with E-state index in [1.165, 1.54) is 12.8 Å². The smallest absolute Gasteiger partial charge is 0.259 e. The lowest BCUT2D eigenvalue weighted by atomic mass is 9.65. The highest BCUT2D eigenvalue weighted by atomic mass is 16.3. The van der Waals surface area contributed by atoms with Gasteiger partial charge in [0.1, 0.15) is 17.1 Å². The van der Waals surface area contributed by atoms with Gasteiger partial charge in [0.25, 0.3) is 5.91 Å². The molecule has 2 atom stereocenters. The van der Waals surface area contributed by atoms with Gasteiger partial charge in [-0.05, 0) is 61.3 Å². The van der Waals surface area contributed by atoms with Gasteiger partial charge in [0.2, 0.25) is 0 Å². The predicted octanol–water partition coefficient (Wildman–Crippen LogP) is 6.10. The molecule has 2 unspecified atom stereocenters. The monoisotopic (exact) mass is 432 g/mol. The fourth-order valence-corrected chi connectivity index (χ4v) is 6.48. The number of hydrogen-bond donors (Lipinski definition) is 2. The number of nitrogens with zero attached hydrogens (tertiary/aromatic N) is 1. The summed E-state index contributed by atoms with van der Waals surface area (Å²) in [5.74, 6) is 0.569. The molecule has 1 aromatic heterocycles. The van der Waals surface area contributed by atoms with E-state index in [0.717, 1.165) is 29.6 Å². The van der Waals surface area contributed by atoms with Crippen molar-refractivity contribution in [3.05, 3.63) is 59.4 Å². The molecule has 2 N–H and O–H groups in total. The lowest BCUT2D eigenvalue weighted by Crippen LogP contribution is -2.34. The lowest BCUT2D eigenvalue weighted by molar-refractivity contribution is 0.102. The summed E-state index contributed by atoms with van der Waals surface area (Å²) in [5.41, 5.74) is 3.29. The van der Waals surface area contributed by atoms with Gasteiger partial charge in [-0.15, -0.1) is 0 Å². The van der Waals surface area contributed by atoms with Gasteiger partial charge in [-0.2, -0.15) is 0 Å². The summed E-state index contributed by atoms with van der Waals surface area (Å²) in [7, 11) is 0. The number of furan rings is 1. The zero-order valence-corrected chi connectivity index (χ0v) is 19.4. The number of hydrogen-bond acceptors (Lipinski definition) is 4. The average molecular weight is 433 g/mol. The molecule has 5 nitrogen and oxygen atoms in total. The number of aryl methyl sites for hydroxylation is 1. The van der Waals surface area contributed by atoms with Crippen LogP contribution < -0.4 is 5.32 Å². The van der Waals surface area contributed by atoms with E-state index in [4.69, 9.17) is 4.42 Å². The molecule has 0 spiro atoms. The Bertz CT molecular complexity index is 1180. The van der Waals surface area contributed by atoms with E-state index in [0.29, 0.717) is 40.3 Å². The van der Waals surface area contributed by atoms with Crippen LogP contribution in [0.15, 0.2) is 46.9 Å². The number of amides is 1. The number of phenols is 1. The van der Waals surface area contributed by atoms with Gasteiger partial charge in [0, 0.05) is 35.8 Å². The molecule has 2 aliphatic rings. The van der Waals surface area contributed by atoms with Crippen LogP contribution in [-0.2, 0) is 6.54 Å². The first-order valence-electron chi connectivity index (χ1n) is 11.5. The minimum absolute atomic E-state index is 0.215. The van der Waals surface area contributed by atoms with Crippen molar-refractivity contribution in [1.29, 1.82) is 0 Å². The molecule has 168 valence electrons. The van der Waals surface area contributed by atoms with Crippen LogP contribution in [0.25, 0.3) is 11.0 Å². The van der Waals surface area contributed by atoms with E-state index in [2.05, 4.69) is 31.0 Å². The van der Waals surface area contributed by atoms with E-state index >= 15 is 0 Å². The SMILES string of the molecule is Cc1oc2ccc(O)c(CN3CC4(C)CC3CC(C)(C)C4)c2c1C(=O)Nc1ccccc1. The first kappa shape index (κ1) is 21.1. The second-order valence-corrected chi connectivity index (χ2v) is 10.9. The average Bonchev–Trinajstić information content (AvgIpc) is 3.16. The first-order valence-corrected chi connectivity index (χ1v) is 11.5. The fourth-order valence-electron chi connectivity index (χ4n) is 6.48. The topological polar surface area (TPSA) is 65.7 Å².